The maximum Gasteiger partial charge on any atom is 0.417 e. The molecule has 0 aliphatic carbocycles. The SMILES string of the molecule is Cc1ccccc1NS(=O)(=O)c1cc(C(=O)Nc2ccc(S(=O)(=O)Nc3ccc(Cl)c(C(F)(F)F)c3)cc2)ccc1C. The van der Waals surface area contributed by atoms with Crippen LogP contribution in [0.15, 0.2) is 94.7 Å². The van der Waals surface area contributed by atoms with E-state index in [9.17, 15) is 34.8 Å². The van der Waals surface area contributed by atoms with Crippen LogP contribution < -0.4 is 14.8 Å². The van der Waals surface area contributed by atoms with Gasteiger partial charge >= 0.3 is 6.18 Å². The zero-order valence-corrected chi connectivity index (χ0v) is 24.3. The van der Waals surface area contributed by atoms with E-state index in [1.165, 1.54) is 30.3 Å². The van der Waals surface area contributed by atoms with Crippen LogP contribution in [0.25, 0.3) is 0 Å². The van der Waals surface area contributed by atoms with Gasteiger partial charge in [-0.15, -0.1) is 0 Å². The molecule has 0 atom stereocenters. The molecule has 0 heterocycles. The summed E-state index contributed by atoms with van der Waals surface area (Å²) in [6.45, 7) is 3.35. The number of sulfonamides is 2. The van der Waals surface area contributed by atoms with Crippen LogP contribution in [0, 0.1) is 13.8 Å². The first-order valence-corrected chi connectivity index (χ1v) is 15.4. The van der Waals surface area contributed by atoms with Crippen molar-refractivity contribution in [1.82, 2.24) is 0 Å². The fourth-order valence-electron chi connectivity index (χ4n) is 3.86. The van der Waals surface area contributed by atoms with Gasteiger partial charge in [0.2, 0.25) is 0 Å². The molecular formula is C28H23ClF3N3O5S2. The van der Waals surface area contributed by atoms with Crippen molar-refractivity contribution in [3.05, 3.63) is 112 Å². The number of hydrogen-bond acceptors (Lipinski definition) is 5. The highest BCUT2D eigenvalue weighted by atomic mass is 35.5. The third-order valence-corrected chi connectivity index (χ3v) is 9.31. The summed E-state index contributed by atoms with van der Waals surface area (Å²) in [5.41, 5.74) is 0.213. The molecule has 0 spiro atoms. The summed E-state index contributed by atoms with van der Waals surface area (Å²) >= 11 is 5.58. The summed E-state index contributed by atoms with van der Waals surface area (Å²) in [6.07, 6.45) is -4.78. The second-order valence-corrected chi connectivity index (χ2v) is 12.9. The van der Waals surface area contributed by atoms with Crippen molar-refractivity contribution in [3.63, 3.8) is 0 Å². The molecule has 42 heavy (non-hydrogen) atoms. The van der Waals surface area contributed by atoms with Gasteiger partial charge in [0.05, 0.1) is 26.1 Å². The number of hydrogen-bond donors (Lipinski definition) is 3. The van der Waals surface area contributed by atoms with Crippen LogP contribution in [-0.4, -0.2) is 22.7 Å². The predicted molar refractivity (Wildman–Crippen MR) is 155 cm³/mol. The Morgan fingerprint density at radius 2 is 1.38 bits per heavy atom. The fraction of sp³-hybridized carbons (Fsp3) is 0.107. The van der Waals surface area contributed by atoms with E-state index in [2.05, 4.69) is 14.8 Å². The minimum Gasteiger partial charge on any atom is -0.322 e. The lowest BCUT2D eigenvalue weighted by atomic mass is 10.1. The van der Waals surface area contributed by atoms with Crippen LogP contribution in [0.5, 0.6) is 0 Å². The molecule has 0 aliphatic heterocycles. The quantitative estimate of drug-likeness (QED) is 0.196. The topological polar surface area (TPSA) is 121 Å². The van der Waals surface area contributed by atoms with E-state index in [0.717, 1.165) is 24.3 Å². The van der Waals surface area contributed by atoms with Crippen LogP contribution in [0.1, 0.15) is 27.0 Å². The second kappa shape index (κ2) is 11.7. The lowest BCUT2D eigenvalue weighted by molar-refractivity contribution is -0.137. The molecule has 0 bridgehead atoms. The summed E-state index contributed by atoms with van der Waals surface area (Å²) in [4.78, 5) is 12.5. The number of benzene rings is 4. The molecule has 4 aromatic carbocycles. The van der Waals surface area contributed by atoms with E-state index in [-0.39, 0.29) is 26.7 Å². The van der Waals surface area contributed by atoms with E-state index in [1.807, 2.05) is 0 Å². The number of carbonyl (C=O) groups excluding carboxylic acids is 1. The number of aryl methyl sites for hydroxylation is 2. The zero-order chi connectivity index (χ0) is 30.9. The van der Waals surface area contributed by atoms with Crippen molar-refractivity contribution in [3.8, 4) is 0 Å². The van der Waals surface area contributed by atoms with Crippen LogP contribution >= 0.6 is 11.6 Å². The molecule has 0 saturated carbocycles. The van der Waals surface area contributed by atoms with Crippen LogP contribution in [0.3, 0.4) is 0 Å². The molecule has 8 nitrogen and oxygen atoms in total. The third-order valence-electron chi connectivity index (χ3n) is 6.08. The molecule has 4 aromatic rings. The molecule has 0 aromatic heterocycles. The summed E-state index contributed by atoms with van der Waals surface area (Å²) in [7, 11) is -8.32. The summed E-state index contributed by atoms with van der Waals surface area (Å²) in [5.74, 6) is -0.656. The van der Waals surface area contributed by atoms with Gasteiger partial charge in [0.1, 0.15) is 0 Å². The van der Waals surface area contributed by atoms with Crippen LogP contribution in [0.2, 0.25) is 5.02 Å². The highest BCUT2D eigenvalue weighted by Crippen LogP contribution is 2.36. The highest BCUT2D eigenvalue weighted by molar-refractivity contribution is 7.93. The molecule has 0 aliphatic rings. The summed E-state index contributed by atoms with van der Waals surface area (Å²) < 4.78 is 95.6. The van der Waals surface area contributed by atoms with Gasteiger partial charge in [-0.05, 0) is 85.6 Å². The molecule has 220 valence electrons. The Morgan fingerprint density at radius 1 is 0.738 bits per heavy atom. The van der Waals surface area contributed by atoms with Gasteiger partial charge in [0.25, 0.3) is 26.0 Å². The first kappa shape index (κ1) is 30.9. The van der Waals surface area contributed by atoms with E-state index < -0.39 is 42.7 Å². The van der Waals surface area contributed by atoms with Gasteiger partial charge < -0.3 is 5.32 Å². The number of alkyl halides is 3. The maximum absolute atomic E-state index is 13.1. The first-order chi connectivity index (χ1) is 19.6. The van der Waals surface area contributed by atoms with Gasteiger partial charge in [-0.1, -0.05) is 35.9 Å². The molecule has 4 rings (SSSR count). The first-order valence-electron chi connectivity index (χ1n) is 12.1. The predicted octanol–water partition coefficient (Wildman–Crippen LogP) is 6.83. The number of halogens is 4. The van der Waals surface area contributed by atoms with Gasteiger partial charge in [-0.2, -0.15) is 13.2 Å². The highest BCUT2D eigenvalue weighted by Gasteiger charge is 2.33. The number of amides is 1. The van der Waals surface area contributed by atoms with Crippen molar-refractivity contribution in [2.24, 2.45) is 0 Å². The fourth-order valence-corrected chi connectivity index (χ4v) is 6.54. The molecule has 0 fully saturated rings. The van der Waals surface area contributed by atoms with Gasteiger partial charge in [-0.3, -0.25) is 14.2 Å². The summed E-state index contributed by atoms with van der Waals surface area (Å²) in [5, 5.41) is 1.99. The van der Waals surface area contributed by atoms with E-state index >= 15 is 0 Å². The number of nitrogens with one attached hydrogen (secondary N) is 3. The normalized spacial score (nSPS) is 12.0. The molecular weight excluding hydrogens is 615 g/mol. The monoisotopic (exact) mass is 637 g/mol. The zero-order valence-electron chi connectivity index (χ0n) is 22.0. The number of carbonyl (C=O) groups is 1. The van der Waals surface area contributed by atoms with Crippen molar-refractivity contribution in [2.75, 3.05) is 14.8 Å². The average molecular weight is 638 g/mol. The van der Waals surface area contributed by atoms with Crippen molar-refractivity contribution >= 4 is 54.6 Å². The molecule has 0 unspecified atom stereocenters. The van der Waals surface area contributed by atoms with Gasteiger partial charge in [-0.25, -0.2) is 16.8 Å². The van der Waals surface area contributed by atoms with E-state index in [0.29, 0.717) is 22.9 Å². The third kappa shape index (κ3) is 7.04. The Hall–Kier alpha value is -4.07. The Morgan fingerprint density at radius 3 is 2.02 bits per heavy atom. The lowest BCUT2D eigenvalue weighted by Gasteiger charge is -2.14. The van der Waals surface area contributed by atoms with Crippen LogP contribution in [0.4, 0.5) is 30.2 Å². The second-order valence-electron chi connectivity index (χ2n) is 9.18. The maximum atomic E-state index is 13.1. The smallest absolute Gasteiger partial charge is 0.322 e. The van der Waals surface area contributed by atoms with E-state index in [1.54, 1.807) is 38.1 Å². The van der Waals surface area contributed by atoms with Crippen LogP contribution in [-0.2, 0) is 26.2 Å². The molecule has 0 saturated heterocycles. The lowest BCUT2D eigenvalue weighted by Crippen LogP contribution is -2.17. The number of anilines is 3. The largest absolute Gasteiger partial charge is 0.417 e. The Bertz CT molecular complexity index is 1880. The molecule has 1 amide bonds. The van der Waals surface area contributed by atoms with Gasteiger partial charge in [0.15, 0.2) is 0 Å². The number of para-hydroxylation sites is 1. The van der Waals surface area contributed by atoms with Crippen molar-refractivity contribution in [1.29, 1.82) is 0 Å². The standard InChI is InChI=1S/C28H23ClF3N3O5S2/c1-17-5-3-4-6-25(17)35-42(39,40)26-15-19(8-7-18(26)2)27(36)33-20-9-12-22(13-10-20)41(37,38)34-21-11-14-24(29)23(16-21)28(30,31)32/h3-16,34-35H,1-2H3,(H,33,36). The van der Waals surface area contributed by atoms with Crippen molar-refractivity contribution < 1.29 is 34.8 Å². The Balaban J connectivity index is 1.50. The number of rotatable bonds is 8. The Kier molecular flexibility index (Phi) is 8.58. The minimum absolute atomic E-state index is 0.0346. The molecule has 14 heteroatoms. The van der Waals surface area contributed by atoms with E-state index in [4.69, 9.17) is 11.6 Å². The van der Waals surface area contributed by atoms with Crippen molar-refractivity contribution in [2.45, 2.75) is 29.8 Å². The molecule has 3 N–H and O–H groups in total. The molecule has 0 radical (unpaired) electrons. The van der Waals surface area contributed by atoms with Gasteiger partial charge in [0, 0.05) is 16.9 Å². The Labute approximate surface area is 245 Å². The summed E-state index contributed by atoms with van der Waals surface area (Å²) in [6, 6.07) is 18.5. The average Bonchev–Trinajstić information content (AvgIpc) is 2.90. The minimum atomic E-state index is -4.78.